The van der Waals surface area contributed by atoms with Gasteiger partial charge in [-0.25, -0.2) is 0 Å². The van der Waals surface area contributed by atoms with E-state index in [1.54, 1.807) is 52.3 Å². The first-order valence-electron chi connectivity index (χ1n) is 9.14. The minimum Gasteiger partial charge on any atom is -0.399 e. The molecule has 0 atom stereocenters. The topological polar surface area (TPSA) is 93.2 Å². The van der Waals surface area contributed by atoms with Crippen molar-refractivity contribution in [2.24, 2.45) is 0 Å². The molecular formula is C21H23N5O2S. The lowest BCUT2D eigenvalue weighted by molar-refractivity contribution is 0.0706. The van der Waals surface area contributed by atoms with E-state index in [4.69, 9.17) is 5.73 Å². The standard InChI is InChI=1S/C21H23N5O2S/c1-3-25(14-26-12-6-11-23-26)21(28)16-10-9-15(22)13-18(16)24-20(27)17-7-4-5-8-19(17)29-2/h4-13H,3,14,22H2,1-2H3,(H,24,27). The van der Waals surface area contributed by atoms with Gasteiger partial charge in [-0.15, -0.1) is 11.8 Å². The maximum Gasteiger partial charge on any atom is 0.257 e. The molecule has 0 bridgehead atoms. The van der Waals surface area contributed by atoms with Gasteiger partial charge in [-0.3, -0.25) is 14.3 Å². The van der Waals surface area contributed by atoms with E-state index in [2.05, 4.69) is 10.4 Å². The highest BCUT2D eigenvalue weighted by Crippen LogP contribution is 2.25. The van der Waals surface area contributed by atoms with E-state index in [1.165, 1.54) is 11.8 Å². The van der Waals surface area contributed by atoms with E-state index in [-0.39, 0.29) is 11.8 Å². The minimum absolute atomic E-state index is 0.212. The Morgan fingerprint density at radius 3 is 2.66 bits per heavy atom. The first kappa shape index (κ1) is 20.5. The van der Waals surface area contributed by atoms with Gasteiger partial charge in [0.25, 0.3) is 11.8 Å². The number of carbonyl (C=O) groups is 2. The molecule has 3 N–H and O–H groups in total. The second-order valence-electron chi connectivity index (χ2n) is 6.31. The summed E-state index contributed by atoms with van der Waals surface area (Å²) in [5.41, 5.74) is 7.69. The largest absolute Gasteiger partial charge is 0.399 e. The Morgan fingerprint density at radius 2 is 1.97 bits per heavy atom. The van der Waals surface area contributed by atoms with E-state index in [0.29, 0.717) is 35.7 Å². The number of nitrogens with one attached hydrogen (secondary N) is 1. The molecule has 0 aliphatic rings. The van der Waals surface area contributed by atoms with Gasteiger partial charge in [-0.1, -0.05) is 12.1 Å². The number of rotatable bonds is 7. The quantitative estimate of drug-likeness (QED) is 0.460. The number of nitrogens with two attached hydrogens (primary N) is 1. The maximum atomic E-state index is 13.2. The number of thioether (sulfide) groups is 1. The molecule has 0 aliphatic heterocycles. The van der Waals surface area contributed by atoms with Gasteiger partial charge >= 0.3 is 0 Å². The van der Waals surface area contributed by atoms with E-state index in [0.717, 1.165) is 4.90 Å². The number of hydrogen-bond donors (Lipinski definition) is 2. The fraction of sp³-hybridized carbons (Fsp3) is 0.190. The van der Waals surface area contributed by atoms with Gasteiger partial charge in [0.1, 0.15) is 6.67 Å². The molecule has 7 nitrogen and oxygen atoms in total. The number of hydrogen-bond acceptors (Lipinski definition) is 5. The zero-order valence-corrected chi connectivity index (χ0v) is 17.1. The summed E-state index contributed by atoms with van der Waals surface area (Å²) in [7, 11) is 0. The average molecular weight is 410 g/mol. The molecule has 150 valence electrons. The zero-order chi connectivity index (χ0) is 20.8. The van der Waals surface area contributed by atoms with Crippen molar-refractivity contribution in [2.45, 2.75) is 18.5 Å². The van der Waals surface area contributed by atoms with Crippen LogP contribution in [0, 0.1) is 0 Å². The predicted octanol–water partition coefficient (Wildman–Crippen LogP) is 3.56. The SMILES string of the molecule is CCN(Cn1cccn1)C(=O)c1ccc(N)cc1NC(=O)c1ccccc1SC. The van der Waals surface area contributed by atoms with E-state index in [1.807, 2.05) is 31.4 Å². The van der Waals surface area contributed by atoms with Crippen LogP contribution in [0.1, 0.15) is 27.6 Å². The van der Waals surface area contributed by atoms with Crippen molar-refractivity contribution in [3.05, 3.63) is 72.1 Å². The number of amides is 2. The molecule has 3 aromatic rings. The zero-order valence-electron chi connectivity index (χ0n) is 16.3. The van der Waals surface area contributed by atoms with Crippen LogP contribution in [0.4, 0.5) is 11.4 Å². The van der Waals surface area contributed by atoms with Crippen molar-refractivity contribution >= 4 is 35.0 Å². The number of nitrogen functional groups attached to an aromatic ring is 1. The Bertz CT molecular complexity index is 1000. The van der Waals surface area contributed by atoms with Crippen LogP contribution in [0.2, 0.25) is 0 Å². The molecule has 0 unspecified atom stereocenters. The van der Waals surface area contributed by atoms with Gasteiger partial charge in [0.2, 0.25) is 0 Å². The average Bonchev–Trinajstić information content (AvgIpc) is 3.25. The molecule has 1 aromatic heterocycles. The maximum absolute atomic E-state index is 13.2. The first-order valence-corrected chi connectivity index (χ1v) is 10.4. The van der Waals surface area contributed by atoms with Crippen molar-refractivity contribution in [2.75, 3.05) is 23.9 Å². The molecule has 0 saturated heterocycles. The lowest BCUT2D eigenvalue weighted by Crippen LogP contribution is -2.33. The molecule has 0 aliphatic carbocycles. The third kappa shape index (κ3) is 4.78. The molecule has 2 amide bonds. The second kappa shape index (κ2) is 9.29. The number of nitrogens with zero attached hydrogens (tertiary/aromatic N) is 3. The highest BCUT2D eigenvalue weighted by Gasteiger charge is 2.20. The van der Waals surface area contributed by atoms with Crippen LogP contribution in [-0.4, -0.2) is 39.3 Å². The molecule has 0 fully saturated rings. The van der Waals surface area contributed by atoms with Gasteiger partial charge in [-0.05, 0) is 49.6 Å². The number of benzene rings is 2. The van der Waals surface area contributed by atoms with Gasteiger partial charge < -0.3 is 16.0 Å². The van der Waals surface area contributed by atoms with E-state index in [9.17, 15) is 9.59 Å². The molecule has 29 heavy (non-hydrogen) atoms. The van der Waals surface area contributed by atoms with Crippen molar-refractivity contribution in [3.63, 3.8) is 0 Å². The summed E-state index contributed by atoms with van der Waals surface area (Å²) in [6.45, 7) is 2.70. The summed E-state index contributed by atoms with van der Waals surface area (Å²) in [6.07, 6.45) is 5.37. The van der Waals surface area contributed by atoms with Crippen LogP contribution in [0.3, 0.4) is 0 Å². The van der Waals surface area contributed by atoms with Gasteiger partial charge in [0.15, 0.2) is 0 Å². The Hall–Kier alpha value is -3.26. The third-order valence-corrected chi connectivity index (χ3v) is 5.21. The summed E-state index contributed by atoms with van der Waals surface area (Å²) in [4.78, 5) is 28.5. The van der Waals surface area contributed by atoms with Gasteiger partial charge in [-0.2, -0.15) is 5.10 Å². The Kier molecular flexibility index (Phi) is 6.56. The third-order valence-electron chi connectivity index (χ3n) is 4.42. The van der Waals surface area contributed by atoms with Crippen LogP contribution in [0.15, 0.2) is 65.8 Å². The minimum atomic E-state index is -0.287. The normalized spacial score (nSPS) is 10.6. The predicted molar refractivity (Wildman–Crippen MR) is 116 cm³/mol. The van der Waals surface area contributed by atoms with Crippen LogP contribution in [0.25, 0.3) is 0 Å². The van der Waals surface area contributed by atoms with E-state index >= 15 is 0 Å². The summed E-state index contributed by atoms with van der Waals surface area (Å²) in [5, 5.41) is 7.01. The second-order valence-corrected chi connectivity index (χ2v) is 7.16. The van der Waals surface area contributed by atoms with E-state index < -0.39 is 0 Å². The summed E-state index contributed by atoms with van der Waals surface area (Å²) in [6, 6.07) is 14.0. The van der Waals surface area contributed by atoms with Crippen molar-refractivity contribution in [1.82, 2.24) is 14.7 Å². The highest BCUT2D eigenvalue weighted by molar-refractivity contribution is 7.98. The molecule has 3 rings (SSSR count). The summed E-state index contributed by atoms with van der Waals surface area (Å²) >= 11 is 1.49. The first-order chi connectivity index (χ1) is 14.0. The van der Waals surface area contributed by atoms with Crippen LogP contribution in [-0.2, 0) is 6.67 Å². The van der Waals surface area contributed by atoms with Crippen LogP contribution < -0.4 is 11.1 Å². The highest BCUT2D eigenvalue weighted by atomic mass is 32.2. The molecule has 0 saturated carbocycles. The lowest BCUT2D eigenvalue weighted by atomic mass is 10.1. The molecule has 0 spiro atoms. The van der Waals surface area contributed by atoms with Gasteiger partial charge in [0, 0.05) is 29.5 Å². The van der Waals surface area contributed by atoms with Crippen LogP contribution in [0.5, 0.6) is 0 Å². The Labute approximate surface area is 173 Å². The smallest absolute Gasteiger partial charge is 0.257 e. The monoisotopic (exact) mass is 409 g/mol. The summed E-state index contributed by atoms with van der Waals surface area (Å²) in [5.74, 6) is -0.499. The van der Waals surface area contributed by atoms with Gasteiger partial charge in [0.05, 0.1) is 16.8 Å². The molecule has 1 heterocycles. The fourth-order valence-electron chi connectivity index (χ4n) is 2.91. The molecule has 0 radical (unpaired) electrons. The molecule has 8 heteroatoms. The number of aromatic nitrogens is 2. The fourth-order valence-corrected chi connectivity index (χ4v) is 3.51. The van der Waals surface area contributed by atoms with Crippen LogP contribution >= 0.6 is 11.8 Å². The Balaban J connectivity index is 1.89. The summed E-state index contributed by atoms with van der Waals surface area (Å²) < 4.78 is 1.67. The molecular weight excluding hydrogens is 386 g/mol. The van der Waals surface area contributed by atoms with Crippen molar-refractivity contribution in [3.8, 4) is 0 Å². The molecule has 2 aromatic carbocycles. The van der Waals surface area contributed by atoms with Crippen molar-refractivity contribution in [1.29, 1.82) is 0 Å². The van der Waals surface area contributed by atoms with Crippen molar-refractivity contribution < 1.29 is 9.59 Å². The Morgan fingerprint density at radius 1 is 1.17 bits per heavy atom. The number of carbonyl (C=O) groups excluding carboxylic acids is 2. The number of anilines is 2. The lowest BCUT2D eigenvalue weighted by Gasteiger charge is -2.22.